The summed E-state index contributed by atoms with van der Waals surface area (Å²) in [5.74, 6) is 0. The summed E-state index contributed by atoms with van der Waals surface area (Å²) in [5, 5.41) is 20.8. The topological polar surface area (TPSA) is 40.5 Å². The third-order valence-electron chi connectivity index (χ3n) is 3.11. The van der Waals surface area contributed by atoms with Crippen LogP contribution < -0.4 is 0 Å². The fourth-order valence-electron chi connectivity index (χ4n) is 2.03. The van der Waals surface area contributed by atoms with Crippen molar-refractivity contribution in [1.82, 2.24) is 0 Å². The Morgan fingerprint density at radius 2 is 2.00 bits per heavy atom. The summed E-state index contributed by atoms with van der Waals surface area (Å²) in [7, 11) is 0. The molecule has 0 bridgehead atoms. The van der Waals surface area contributed by atoms with Crippen LogP contribution in [0.25, 0.3) is 0 Å². The third kappa shape index (κ3) is 3.42. The van der Waals surface area contributed by atoms with Crippen molar-refractivity contribution in [2.24, 2.45) is 0 Å². The van der Waals surface area contributed by atoms with Gasteiger partial charge in [-0.2, -0.15) is 0 Å². The number of rotatable bonds is 7. The average Bonchev–Trinajstić information content (AvgIpc) is 2.37. The molecule has 0 heterocycles. The summed E-state index contributed by atoms with van der Waals surface area (Å²) in [4.78, 5) is 0. The molecule has 0 saturated carbocycles. The van der Waals surface area contributed by atoms with Gasteiger partial charge in [-0.15, -0.1) is 6.58 Å². The van der Waals surface area contributed by atoms with E-state index in [1.807, 2.05) is 30.3 Å². The molecular formula is C15H22O2. The number of hydrogen-bond acceptors (Lipinski definition) is 2. The molecule has 0 aliphatic rings. The largest absolute Gasteiger partial charge is 0.390 e. The van der Waals surface area contributed by atoms with Gasteiger partial charge >= 0.3 is 0 Å². The van der Waals surface area contributed by atoms with Crippen LogP contribution in [0.5, 0.6) is 0 Å². The Hall–Kier alpha value is -1.12. The van der Waals surface area contributed by atoms with Crippen LogP contribution in [0.4, 0.5) is 0 Å². The molecule has 94 valence electrons. The lowest BCUT2D eigenvalue weighted by Crippen LogP contribution is -2.39. The first kappa shape index (κ1) is 13.9. The van der Waals surface area contributed by atoms with Gasteiger partial charge in [0.25, 0.3) is 0 Å². The second kappa shape index (κ2) is 6.58. The summed E-state index contributed by atoms with van der Waals surface area (Å²) in [5.41, 5.74) is -0.457. The van der Waals surface area contributed by atoms with Crippen molar-refractivity contribution >= 4 is 0 Å². The van der Waals surface area contributed by atoms with Crippen molar-refractivity contribution in [2.75, 3.05) is 0 Å². The quantitative estimate of drug-likeness (QED) is 0.712. The van der Waals surface area contributed by atoms with Gasteiger partial charge in [-0.05, 0) is 12.0 Å². The van der Waals surface area contributed by atoms with Gasteiger partial charge in [0.05, 0.1) is 6.10 Å². The smallest absolute Gasteiger partial charge is 0.119 e. The van der Waals surface area contributed by atoms with Gasteiger partial charge in [-0.3, -0.25) is 0 Å². The van der Waals surface area contributed by atoms with Crippen molar-refractivity contribution in [2.45, 2.75) is 44.3 Å². The molecule has 2 nitrogen and oxygen atoms in total. The van der Waals surface area contributed by atoms with Crippen LogP contribution in [0, 0.1) is 0 Å². The molecule has 1 aromatic rings. The minimum absolute atomic E-state index is 0.363. The second-order valence-electron chi connectivity index (χ2n) is 4.44. The van der Waals surface area contributed by atoms with E-state index < -0.39 is 11.7 Å². The van der Waals surface area contributed by atoms with E-state index in [1.54, 1.807) is 6.08 Å². The molecule has 2 heteroatoms. The number of aliphatic hydroxyl groups is 2. The van der Waals surface area contributed by atoms with E-state index in [0.717, 1.165) is 18.4 Å². The molecular weight excluding hydrogens is 212 g/mol. The summed E-state index contributed by atoms with van der Waals surface area (Å²) in [6.07, 6.45) is 3.80. The van der Waals surface area contributed by atoms with Gasteiger partial charge in [-0.25, -0.2) is 0 Å². The van der Waals surface area contributed by atoms with Crippen LogP contribution in [0.2, 0.25) is 0 Å². The van der Waals surface area contributed by atoms with Crippen molar-refractivity contribution in [3.63, 3.8) is 0 Å². The third-order valence-corrected chi connectivity index (χ3v) is 3.11. The molecule has 17 heavy (non-hydrogen) atoms. The SMILES string of the molecule is C=CC[C@@](O)(c1ccccc1)[C@@H](O)CCCC. The number of aliphatic hydroxyl groups excluding tert-OH is 1. The molecule has 0 saturated heterocycles. The van der Waals surface area contributed by atoms with Crippen LogP contribution in [0.1, 0.15) is 38.2 Å². The first-order valence-corrected chi connectivity index (χ1v) is 6.22. The minimum atomic E-state index is -1.21. The highest BCUT2D eigenvalue weighted by Gasteiger charge is 2.35. The lowest BCUT2D eigenvalue weighted by atomic mass is 9.83. The molecule has 0 unspecified atom stereocenters. The maximum Gasteiger partial charge on any atom is 0.119 e. The van der Waals surface area contributed by atoms with Crippen LogP contribution in [0.3, 0.4) is 0 Å². The Labute approximate surface area is 104 Å². The molecule has 0 radical (unpaired) electrons. The predicted molar refractivity (Wildman–Crippen MR) is 70.7 cm³/mol. The summed E-state index contributed by atoms with van der Waals surface area (Å²) in [6, 6.07) is 9.33. The van der Waals surface area contributed by atoms with Crippen LogP contribution in [-0.2, 0) is 5.60 Å². The first-order valence-electron chi connectivity index (χ1n) is 6.22. The summed E-state index contributed by atoms with van der Waals surface area (Å²) >= 11 is 0. The minimum Gasteiger partial charge on any atom is -0.390 e. The lowest BCUT2D eigenvalue weighted by molar-refractivity contribution is -0.0824. The Balaban J connectivity index is 2.92. The monoisotopic (exact) mass is 234 g/mol. The summed E-state index contributed by atoms with van der Waals surface area (Å²) in [6.45, 7) is 5.73. The molecule has 0 amide bonds. The van der Waals surface area contributed by atoms with Crippen molar-refractivity contribution in [1.29, 1.82) is 0 Å². The van der Waals surface area contributed by atoms with E-state index in [-0.39, 0.29) is 0 Å². The number of benzene rings is 1. The zero-order chi connectivity index (χ0) is 12.7. The van der Waals surface area contributed by atoms with E-state index >= 15 is 0 Å². The Bertz CT molecular complexity index is 334. The standard InChI is InChI=1S/C15H22O2/c1-3-5-11-14(16)15(17,12-4-2)13-9-7-6-8-10-13/h4,6-10,14,16-17H,2-3,5,11-12H2,1H3/t14-,15+/m0/s1. The highest BCUT2D eigenvalue weighted by Crippen LogP contribution is 2.31. The fraction of sp³-hybridized carbons (Fsp3) is 0.467. The number of unbranched alkanes of at least 4 members (excludes halogenated alkanes) is 1. The maximum absolute atomic E-state index is 10.7. The Morgan fingerprint density at radius 1 is 1.35 bits per heavy atom. The zero-order valence-corrected chi connectivity index (χ0v) is 10.5. The van der Waals surface area contributed by atoms with Gasteiger partial charge in [0.15, 0.2) is 0 Å². The Morgan fingerprint density at radius 3 is 2.53 bits per heavy atom. The van der Waals surface area contributed by atoms with Gasteiger partial charge in [0.2, 0.25) is 0 Å². The summed E-state index contributed by atoms with van der Waals surface area (Å²) < 4.78 is 0. The molecule has 1 aromatic carbocycles. The maximum atomic E-state index is 10.7. The molecule has 0 aliphatic carbocycles. The van der Waals surface area contributed by atoms with Crippen molar-refractivity contribution in [3.05, 3.63) is 48.6 Å². The van der Waals surface area contributed by atoms with Gasteiger partial charge in [-0.1, -0.05) is 56.2 Å². The van der Waals surface area contributed by atoms with E-state index in [0.29, 0.717) is 12.8 Å². The molecule has 2 N–H and O–H groups in total. The molecule has 0 spiro atoms. The second-order valence-corrected chi connectivity index (χ2v) is 4.44. The fourth-order valence-corrected chi connectivity index (χ4v) is 2.03. The molecule has 0 aromatic heterocycles. The zero-order valence-electron chi connectivity index (χ0n) is 10.5. The molecule has 0 fully saturated rings. The van der Waals surface area contributed by atoms with Crippen molar-refractivity contribution in [3.8, 4) is 0 Å². The van der Waals surface area contributed by atoms with Crippen LogP contribution in [-0.4, -0.2) is 16.3 Å². The molecule has 2 atom stereocenters. The van der Waals surface area contributed by atoms with Crippen molar-refractivity contribution < 1.29 is 10.2 Å². The average molecular weight is 234 g/mol. The van der Waals surface area contributed by atoms with E-state index in [1.165, 1.54) is 0 Å². The van der Waals surface area contributed by atoms with E-state index in [4.69, 9.17) is 0 Å². The normalized spacial score (nSPS) is 16.2. The highest BCUT2D eigenvalue weighted by molar-refractivity contribution is 5.24. The Kier molecular flexibility index (Phi) is 5.39. The van der Waals surface area contributed by atoms with Crippen LogP contribution >= 0.6 is 0 Å². The van der Waals surface area contributed by atoms with Gasteiger partial charge in [0.1, 0.15) is 5.60 Å². The predicted octanol–water partition coefficient (Wildman–Crippen LogP) is 3.00. The van der Waals surface area contributed by atoms with E-state index in [9.17, 15) is 10.2 Å². The number of hydrogen-bond donors (Lipinski definition) is 2. The van der Waals surface area contributed by atoms with Gasteiger partial charge in [0, 0.05) is 6.42 Å². The molecule has 0 aliphatic heterocycles. The van der Waals surface area contributed by atoms with E-state index in [2.05, 4.69) is 13.5 Å². The highest BCUT2D eigenvalue weighted by atomic mass is 16.3. The first-order chi connectivity index (χ1) is 8.15. The molecule has 1 rings (SSSR count). The lowest BCUT2D eigenvalue weighted by Gasteiger charge is -2.32. The van der Waals surface area contributed by atoms with Gasteiger partial charge < -0.3 is 10.2 Å². The van der Waals surface area contributed by atoms with Crippen LogP contribution in [0.15, 0.2) is 43.0 Å².